The molecule has 0 spiro atoms. The zero-order chi connectivity index (χ0) is 33.4. The zero-order valence-electron chi connectivity index (χ0n) is 26.2. The maximum atomic E-state index is 6.43. The lowest BCUT2D eigenvalue weighted by Gasteiger charge is -2.09. The van der Waals surface area contributed by atoms with E-state index in [9.17, 15) is 0 Å². The number of pyridine rings is 4. The number of rotatable bonds is 8. The molecule has 0 bridgehead atoms. The van der Waals surface area contributed by atoms with Gasteiger partial charge in [-0.15, -0.1) is 11.8 Å². The highest BCUT2D eigenvalue weighted by molar-refractivity contribution is 9.09. The summed E-state index contributed by atoms with van der Waals surface area (Å²) in [5, 5.41) is 2.39. The summed E-state index contributed by atoms with van der Waals surface area (Å²) in [6.07, 6.45) is 5.67. The monoisotopic (exact) mass is 760 g/mol. The van der Waals surface area contributed by atoms with Crippen LogP contribution in [-0.2, 0) is 12.8 Å². The van der Waals surface area contributed by atoms with E-state index in [1.54, 1.807) is 24.2 Å². The molecule has 0 aliphatic carbocycles. The number of H-pyrrole nitrogens is 1. The maximum absolute atomic E-state index is 6.43. The van der Waals surface area contributed by atoms with Crippen LogP contribution in [0.2, 0.25) is 10.0 Å². The first kappa shape index (κ1) is 36.5. The number of aromatic nitrogens is 4. The molecule has 4 heterocycles. The van der Waals surface area contributed by atoms with Gasteiger partial charge < -0.3 is 4.98 Å². The number of thioether (sulfide) groups is 1. The Kier molecular flexibility index (Phi) is 15.1. The van der Waals surface area contributed by atoms with Gasteiger partial charge in [-0.05, 0) is 74.2 Å². The Morgan fingerprint density at radius 1 is 0.702 bits per heavy atom. The number of aromatic amines is 1. The fraction of sp³-hybridized carbons (Fsp3) is 0.158. The third-order valence-electron chi connectivity index (χ3n) is 6.82. The average Bonchev–Trinajstić information content (AvgIpc) is 3.11. The summed E-state index contributed by atoms with van der Waals surface area (Å²) < 4.78 is 0.647. The molecule has 6 aromatic rings. The molecule has 0 aliphatic rings. The Hall–Kier alpha value is -3.33. The molecule has 0 aliphatic heterocycles. The van der Waals surface area contributed by atoms with Crippen LogP contribution in [0.3, 0.4) is 0 Å². The van der Waals surface area contributed by atoms with Crippen LogP contribution in [0.25, 0.3) is 22.8 Å². The van der Waals surface area contributed by atoms with Crippen LogP contribution >= 0.6 is 63.1 Å². The molecule has 0 amide bonds. The van der Waals surface area contributed by atoms with Crippen LogP contribution in [0.1, 0.15) is 22.5 Å². The van der Waals surface area contributed by atoms with E-state index >= 15 is 0 Å². The van der Waals surface area contributed by atoms with Gasteiger partial charge in [0.2, 0.25) is 0 Å². The Morgan fingerprint density at radius 2 is 1.28 bits per heavy atom. The summed E-state index contributed by atoms with van der Waals surface area (Å²) in [6, 6.07) is 36.4. The fourth-order valence-electron chi connectivity index (χ4n) is 4.39. The predicted octanol–water partition coefficient (Wildman–Crippen LogP) is 11.8. The van der Waals surface area contributed by atoms with Gasteiger partial charge in [-0.1, -0.05) is 124 Å². The van der Waals surface area contributed by atoms with Gasteiger partial charge >= 0.3 is 0 Å². The summed E-state index contributed by atoms with van der Waals surface area (Å²) in [7, 11) is 0. The van der Waals surface area contributed by atoms with E-state index in [1.165, 1.54) is 11.1 Å². The van der Waals surface area contributed by atoms with Crippen LogP contribution in [0.15, 0.2) is 126 Å². The smallest absolute Gasteiger partial charge is 0.0901 e. The van der Waals surface area contributed by atoms with E-state index in [4.69, 9.17) is 35.4 Å². The quantitative estimate of drug-likeness (QED) is 0.0951. The molecule has 1 N–H and O–H groups in total. The van der Waals surface area contributed by atoms with Gasteiger partial charge in [0.15, 0.2) is 0 Å². The number of halogens is 3. The van der Waals surface area contributed by atoms with E-state index < -0.39 is 0 Å². The first-order chi connectivity index (χ1) is 22.9. The van der Waals surface area contributed by atoms with Crippen LogP contribution in [0.5, 0.6) is 0 Å². The lowest BCUT2D eigenvalue weighted by atomic mass is 10.2. The summed E-state index contributed by atoms with van der Waals surface area (Å²) in [4.78, 5) is 17.4. The van der Waals surface area contributed by atoms with Gasteiger partial charge in [-0.2, -0.15) is 0 Å². The normalized spacial score (nSPS) is 10.3. The Labute approximate surface area is 305 Å². The number of hydrogen-bond donors (Lipinski definition) is 1. The highest BCUT2D eigenvalue weighted by atomic mass is 79.9. The molecule has 4 aromatic heterocycles. The van der Waals surface area contributed by atoms with Crippen LogP contribution < -0.4 is 0 Å². The van der Waals surface area contributed by atoms with Crippen molar-refractivity contribution in [3.05, 3.63) is 159 Å². The molecule has 2 aromatic carbocycles. The van der Waals surface area contributed by atoms with E-state index in [1.807, 2.05) is 74.5 Å². The van der Waals surface area contributed by atoms with Crippen molar-refractivity contribution in [3.63, 3.8) is 0 Å². The standard InChI is InChI=1S/C19H17ClN2S.C11H9ClN2S.C8H9Br/c1-14-19(20)18(23-12-10-15-7-3-2-4-8-15)13-17(22-14)16-9-5-6-11-21-16;1-7-11(12)10(15)6-9(14-7)8-4-2-3-5-13-8;9-7-6-8-4-2-1-3-5-8/h2-9,11,13H,10,12H2,1H3;2-6H,1H3,(H,14,15);1-5H,6-7H2. The van der Waals surface area contributed by atoms with Gasteiger partial charge in [0.1, 0.15) is 0 Å². The SMILES string of the molecule is BrCCc1ccccc1.Cc1[nH]c(-c2ccccn2)cc(=S)c1Cl.Cc1nc(-c2ccccn2)cc(SCCc2ccccc2)c1Cl. The molecule has 240 valence electrons. The van der Waals surface area contributed by atoms with Gasteiger partial charge in [0.05, 0.1) is 43.0 Å². The van der Waals surface area contributed by atoms with Crippen molar-refractivity contribution < 1.29 is 0 Å². The summed E-state index contributed by atoms with van der Waals surface area (Å²) in [5.74, 6) is 0.981. The first-order valence-corrected chi connectivity index (χ1v) is 18.3. The van der Waals surface area contributed by atoms with Crippen molar-refractivity contribution in [2.24, 2.45) is 0 Å². The number of alkyl halides is 1. The fourth-order valence-corrected chi connectivity index (χ4v) is 6.51. The molecule has 6 rings (SSSR count). The molecular formula is C38H35BrCl2N4S2. The molecule has 0 atom stereocenters. The highest BCUT2D eigenvalue weighted by Gasteiger charge is 2.11. The average molecular weight is 763 g/mol. The second kappa shape index (κ2) is 19.5. The molecule has 0 fully saturated rings. The number of hydrogen-bond acceptors (Lipinski definition) is 5. The maximum Gasteiger partial charge on any atom is 0.0901 e. The summed E-state index contributed by atoms with van der Waals surface area (Å²) in [5.41, 5.74) is 7.95. The molecule has 9 heteroatoms. The summed E-state index contributed by atoms with van der Waals surface area (Å²) in [6.45, 7) is 3.83. The number of nitrogens with zero attached hydrogens (tertiary/aromatic N) is 3. The van der Waals surface area contributed by atoms with Crippen molar-refractivity contribution in [1.82, 2.24) is 19.9 Å². The minimum absolute atomic E-state index is 0.602. The first-order valence-electron chi connectivity index (χ1n) is 15.0. The van der Waals surface area contributed by atoms with Gasteiger partial charge in [-0.25, -0.2) is 4.98 Å². The van der Waals surface area contributed by atoms with Gasteiger partial charge in [0.25, 0.3) is 0 Å². The third-order valence-corrected chi connectivity index (χ3v) is 9.77. The number of aryl methyl sites for hydroxylation is 4. The van der Waals surface area contributed by atoms with Crippen molar-refractivity contribution in [3.8, 4) is 22.8 Å². The second-order valence-corrected chi connectivity index (χ2v) is 13.5. The van der Waals surface area contributed by atoms with Gasteiger partial charge in [-0.3, -0.25) is 9.97 Å². The van der Waals surface area contributed by atoms with E-state index in [0.29, 0.717) is 9.53 Å². The van der Waals surface area contributed by atoms with Crippen molar-refractivity contribution in [1.29, 1.82) is 0 Å². The lowest BCUT2D eigenvalue weighted by molar-refractivity contribution is 1.13. The van der Waals surface area contributed by atoms with Crippen LogP contribution in [-0.4, -0.2) is 31.0 Å². The van der Waals surface area contributed by atoms with Crippen molar-refractivity contribution in [2.45, 2.75) is 31.6 Å². The zero-order valence-corrected chi connectivity index (χ0v) is 30.9. The highest BCUT2D eigenvalue weighted by Crippen LogP contribution is 2.32. The van der Waals surface area contributed by atoms with Crippen LogP contribution in [0, 0.1) is 18.4 Å². The largest absolute Gasteiger partial charge is 0.356 e. The second-order valence-electron chi connectivity index (χ2n) is 10.3. The molecule has 0 unspecified atom stereocenters. The van der Waals surface area contributed by atoms with E-state index in [2.05, 4.69) is 84.4 Å². The van der Waals surface area contributed by atoms with Gasteiger partial charge in [0, 0.05) is 34.1 Å². The Bertz CT molecular complexity index is 1880. The Balaban J connectivity index is 0.000000178. The van der Waals surface area contributed by atoms with Crippen molar-refractivity contribution in [2.75, 3.05) is 11.1 Å². The lowest BCUT2D eigenvalue weighted by Crippen LogP contribution is -1.94. The molecule has 0 radical (unpaired) electrons. The predicted molar refractivity (Wildman–Crippen MR) is 207 cm³/mol. The molecule has 4 nitrogen and oxygen atoms in total. The number of benzene rings is 2. The summed E-state index contributed by atoms with van der Waals surface area (Å²) >= 11 is 22.7. The molecule has 0 saturated heterocycles. The Morgan fingerprint density at radius 3 is 1.83 bits per heavy atom. The van der Waals surface area contributed by atoms with Crippen LogP contribution in [0.4, 0.5) is 0 Å². The minimum atomic E-state index is 0.602. The van der Waals surface area contributed by atoms with Crippen molar-refractivity contribution >= 4 is 63.1 Å². The molecule has 0 saturated carbocycles. The van der Waals surface area contributed by atoms with E-state index in [-0.39, 0.29) is 0 Å². The van der Waals surface area contributed by atoms with E-state index in [0.717, 1.165) is 68.0 Å². The number of nitrogens with one attached hydrogen (secondary N) is 1. The molecule has 47 heavy (non-hydrogen) atoms. The topological polar surface area (TPSA) is 54.5 Å². The minimum Gasteiger partial charge on any atom is -0.356 e. The molecular weight excluding hydrogens is 727 g/mol. The third kappa shape index (κ3) is 11.7.